The van der Waals surface area contributed by atoms with Crippen molar-refractivity contribution in [3.63, 3.8) is 0 Å². The molecule has 72 valence electrons. The van der Waals surface area contributed by atoms with Crippen molar-refractivity contribution in [2.24, 2.45) is 5.10 Å². The molecule has 0 radical (unpaired) electrons. The monoisotopic (exact) mass is 208 g/mol. The van der Waals surface area contributed by atoms with Crippen LogP contribution < -0.4 is 0 Å². The molecule has 0 unspecified atom stereocenters. The lowest BCUT2D eigenvalue weighted by atomic mass is 10.2. The lowest BCUT2D eigenvalue weighted by Crippen LogP contribution is -2.19. The molecule has 0 aliphatic carbocycles. The van der Waals surface area contributed by atoms with Gasteiger partial charge >= 0.3 is 0 Å². The summed E-state index contributed by atoms with van der Waals surface area (Å²) >= 11 is 5.82. The molecule has 1 heterocycles. The SMILES string of the molecule is O=C1CC=NN1Cc1cccc(Cl)c1. The highest BCUT2D eigenvalue weighted by molar-refractivity contribution is 6.30. The maximum Gasteiger partial charge on any atom is 0.248 e. The average Bonchev–Trinajstić information content (AvgIpc) is 2.52. The molecule has 4 heteroatoms. The van der Waals surface area contributed by atoms with Gasteiger partial charge < -0.3 is 0 Å². The van der Waals surface area contributed by atoms with Gasteiger partial charge in [-0.25, -0.2) is 5.01 Å². The second kappa shape index (κ2) is 3.80. The Kier molecular flexibility index (Phi) is 2.50. The highest BCUT2D eigenvalue weighted by atomic mass is 35.5. The van der Waals surface area contributed by atoms with E-state index in [-0.39, 0.29) is 5.91 Å². The first-order valence-electron chi connectivity index (χ1n) is 4.33. The largest absolute Gasteiger partial charge is 0.273 e. The van der Waals surface area contributed by atoms with Crippen molar-refractivity contribution >= 4 is 23.7 Å². The summed E-state index contributed by atoms with van der Waals surface area (Å²) in [5.74, 6) is 0.0324. The van der Waals surface area contributed by atoms with Crippen LogP contribution in [0.2, 0.25) is 5.02 Å². The van der Waals surface area contributed by atoms with Crippen molar-refractivity contribution in [3.05, 3.63) is 34.9 Å². The molecule has 0 saturated heterocycles. The molecule has 3 nitrogen and oxygen atoms in total. The Bertz CT molecular complexity index is 389. The second-order valence-corrected chi connectivity index (χ2v) is 3.52. The maximum atomic E-state index is 11.2. The summed E-state index contributed by atoms with van der Waals surface area (Å²) in [5, 5.41) is 6.09. The van der Waals surface area contributed by atoms with E-state index in [4.69, 9.17) is 11.6 Å². The van der Waals surface area contributed by atoms with Crippen LogP contribution in [0.25, 0.3) is 0 Å². The third-order valence-corrected chi connectivity index (χ3v) is 2.23. The standard InChI is InChI=1S/C10H9ClN2O/c11-9-3-1-2-8(6-9)7-13-10(14)4-5-12-13/h1-3,5-6H,4,7H2. The molecule has 0 fully saturated rings. The summed E-state index contributed by atoms with van der Waals surface area (Å²) in [6.45, 7) is 0.496. The van der Waals surface area contributed by atoms with E-state index in [1.807, 2.05) is 18.2 Å². The Morgan fingerprint density at radius 1 is 1.50 bits per heavy atom. The molecule has 0 N–H and O–H groups in total. The zero-order valence-corrected chi connectivity index (χ0v) is 8.24. The number of hydrazone groups is 1. The first kappa shape index (κ1) is 9.21. The number of halogens is 1. The van der Waals surface area contributed by atoms with Gasteiger partial charge in [-0.2, -0.15) is 5.10 Å². The van der Waals surface area contributed by atoms with E-state index in [9.17, 15) is 4.79 Å². The van der Waals surface area contributed by atoms with Crippen molar-refractivity contribution in [2.75, 3.05) is 0 Å². The quantitative estimate of drug-likeness (QED) is 0.732. The third-order valence-electron chi connectivity index (χ3n) is 2.00. The Labute approximate surface area is 87.0 Å². The van der Waals surface area contributed by atoms with Crippen LogP contribution >= 0.6 is 11.6 Å². The third kappa shape index (κ3) is 1.93. The first-order chi connectivity index (χ1) is 6.75. The zero-order chi connectivity index (χ0) is 9.97. The Balaban J connectivity index is 2.10. The van der Waals surface area contributed by atoms with Crippen LogP contribution in [-0.2, 0) is 11.3 Å². The zero-order valence-electron chi connectivity index (χ0n) is 7.48. The molecular weight excluding hydrogens is 200 g/mol. The molecule has 1 aliphatic rings. The summed E-state index contributed by atoms with van der Waals surface area (Å²) in [4.78, 5) is 11.2. The van der Waals surface area contributed by atoms with Crippen LogP contribution in [0.4, 0.5) is 0 Å². The van der Waals surface area contributed by atoms with Crippen molar-refractivity contribution in [2.45, 2.75) is 13.0 Å². The number of benzene rings is 1. The summed E-state index contributed by atoms with van der Waals surface area (Å²) in [6, 6.07) is 7.43. The van der Waals surface area contributed by atoms with E-state index in [0.29, 0.717) is 18.0 Å². The number of hydrogen-bond acceptors (Lipinski definition) is 2. The van der Waals surface area contributed by atoms with Crippen LogP contribution in [0.3, 0.4) is 0 Å². The van der Waals surface area contributed by atoms with Crippen molar-refractivity contribution in [3.8, 4) is 0 Å². The number of carbonyl (C=O) groups excluding carboxylic acids is 1. The van der Waals surface area contributed by atoms with Crippen LogP contribution in [0, 0.1) is 0 Å². The second-order valence-electron chi connectivity index (χ2n) is 3.08. The lowest BCUT2D eigenvalue weighted by Gasteiger charge is -2.11. The van der Waals surface area contributed by atoms with E-state index in [2.05, 4.69) is 5.10 Å². The molecule has 1 aromatic rings. The predicted octanol–water partition coefficient (Wildman–Crippen LogP) is 2.06. The van der Waals surface area contributed by atoms with Gasteiger partial charge in [0.15, 0.2) is 0 Å². The van der Waals surface area contributed by atoms with Gasteiger partial charge in [-0.05, 0) is 17.7 Å². The van der Waals surface area contributed by atoms with E-state index in [1.165, 1.54) is 5.01 Å². The number of nitrogens with zero attached hydrogens (tertiary/aromatic N) is 2. The molecule has 0 spiro atoms. The molecule has 0 saturated carbocycles. The van der Waals surface area contributed by atoms with Crippen LogP contribution in [0.5, 0.6) is 0 Å². The summed E-state index contributed by atoms with van der Waals surface area (Å²) in [7, 11) is 0. The fraction of sp³-hybridized carbons (Fsp3) is 0.200. The van der Waals surface area contributed by atoms with Gasteiger partial charge in [-0.1, -0.05) is 23.7 Å². The number of hydrogen-bond donors (Lipinski definition) is 0. The Morgan fingerprint density at radius 2 is 2.36 bits per heavy atom. The average molecular weight is 209 g/mol. The number of carbonyl (C=O) groups is 1. The highest BCUT2D eigenvalue weighted by Gasteiger charge is 2.16. The van der Waals surface area contributed by atoms with Gasteiger partial charge in [-0.15, -0.1) is 0 Å². The number of rotatable bonds is 2. The molecule has 1 aliphatic heterocycles. The van der Waals surface area contributed by atoms with Gasteiger partial charge in [0.2, 0.25) is 5.91 Å². The Morgan fingerprint density at radius 3 is 3.00 bits per heavy atom. The summed E-state index contributed by atoms with van der Waals surface area (Å²) in [5.41, 5.74) is 0.991. The van der Waals surface area contributed by atoms with Gasteiger partial charge in [0.25, 0.3) is 0 Å². The summed E-state index contributed by atoms with van der Waals surface area (Å²) < 4.78 is 0. The first-order valence-corrected chi connectivity index (χ1v) is 4.71. The minimum Gasteiger partial charge on any atom is -0.273 e. The van der Waals surface area contributed by atoms with Crippen LogP contribution in [0.1, 0.15) is 12.0 Å². The van der Waals surface area contributed by atoms with Crippen molar-refractivity contribution in [1.29, 1.82) is 0 Å². The molecule has 1 amide bonds. The van der Waals surface area contributed by atoms with Gasteiger partial charge in [-0.3, -0.25) is 4.79 Å². The van der Waals surface area contributed by atoms with Crippen LogP contribution in [0.15, 0.2) is 29.4 Å². The topological polar surface area (TPSA) is 32.7 Å². The lowest BCUT2D eigenvalue weighted by molar-refractivity contribution is -0.129. The Hall–Kier alpha value is -1.35. The summed E-state index contributed by atoms with van der Waals surface area (Å²) in [6.07, 6.45) is 2.02. The molecule has 14 heavy (non-hydrogen) atoms. The van der Waals surface area contributed by atoms with E-state index < -0.39 is 0 Å². The highest BCUT2D eigenvalue weighted by Crippen LogP contribution is 2.14. The van der Waals surface area contributed by atoms with Gasteiger partial charge in [0, 0.05) is 11.2 Å². The number of amides is 1. The van der Waals surface area contributed by atoms with Gasteiger partial charge in [0.1, 0.15) is 0 Å². The fourth-order valence-corrected chi connectivity index (χ4v) is 1.54. The molecule has 1 aromatic carbocycles. The van der Waals surface area contributed by atoms with E-state index in [1.54, 1.807) is 12.3 Å². The van der Waals surface area contributed by atoms with Crippen molar-refractivity contribution < 1.29 is 4.79 Å². The molecule has 0 aromatic heterocycles. The maximum absolute atomic E-state index is 11.2. The van der Waals surface area contributed by atoms with E-state index in [0.717, 1.165) is 5.56 Å². The smallest absolute Gasteiger partial charge is 0.248 e. The van der Waals surface area contributed by atoms with Gasteiger partial charge in [0.05, 0.1) is 13.0 Å². The van der Waals surface area contributed by atoms with Crippen molar-refractivity contribution in [1.82, 2.24) is 5.01 Å². The molecular formula is C10H9ClN2O. The normalized spacial score (nSPS) is 15.2. The van der Waals surface area contributed by atoms with E-state index >= 15 is 0 Å². The van der Waals surface area contributed by atoms with Crippen LogP contribution in [-0.4, -0.2) is 17.1 Å². The molecule has 0 atom stereocenters. The minimum atomic E-state index is 0.0324. The predicted molar refractivity (Wildman–Crippen MR) is 55.1 cm³/mol. The molecule has 2 rings (SSSR count). The fourth-order valence-electron chi connectivity index (χ4n) is 1.32. The molecule has 0 bridgehead atoms. The minimum absolute atomic E-state index is 0.0324.